The SMILES string of the molecule is CCCCNC(=NC)NCc1cccnc1N1CCC(C(N)=O)CC1.I. The van der Waals surface area contributed by atoms with Gasteiger partial charge in [-0.05, 0) is 25.3 Å². The highest BCUT2D eigenvalue weighted by Crippen LogP contribution is 2.24. The Morgan fingerprint density at radius 1 is 1.38 bits per heavy atom. The fourth-order valence-electron chi connectivity index (χ4n) is 3.01. The number of unbranched alkanes of at least 4 members (excludes halogenated alkanes) is 1. The maximum absolute atomic E-state index is 11.3. The number of hydrogen-bond acceptors (Lipinski definition) is 4. The number of pyridine rings is 1. The van der Waals surface area contributed by atoms with Gasteiger partial charge in [-0.2, -0.15) is 0 Å². The Hall–Kier alpha value is -1.58. The first-order chi connectivity index (χ1) is 12.2. The second-order valence-corrected chi connectivity index (χ2v) is 6.36. The lowest BCUT2D eigenvalue weighted by Crippen LogP contribution is -2.40. The van der Waals surface area contributed by atoms with Crippen LogP contribution in [0.4, 0.5) is 5.82 Å². The third-order valence-corrected chi connectivity index (χ3v) is 4.56. The van der Waals surface area contributed by atoms with E-state index < -0.39 is 0 Å². The van der Waals surface area contributed by atoms with Crippen molar-refractivity contribution in [1.82, 2.24) is 15.6 Å². The number of guanidine groups is 1. The highest BCUT2D eigenvalue weighted by Gasteiger charge is 2.24. The lowest BCUT2D eigenvalue weighted by molar-refractivity contribution is -0.122. The van der Waals surface area contributed by atoms with Crippen molar-refractivity contribution in [1.29, 1.82) is 0 Å². The number of rotatable bonds is 7. The van der Waals surface area contributed by atoms with Crippen molar-refractivity contribution in [2.24, 2.45) is 16.6 Å². The molecule has 2 heterocycles. The molecule has 0 aliphatic carbocycles. The highest BCUT2D eigenvalue weighted by molar-refractivity contribution is 14.0. The van der Waals surface area contributed by atoms with Crippen LogP contribution in [0.3, 0.4) is 0 Å². The average molecular weight is 474 g/mol. The molecule has 0 atom stereocenters. The zero-order chi connectivity index (χ0) is 18.1. The molecule has 0 spiro atoms. The third-order valence-electron chi connectivity index (χ3n) is 4.56. The predicted octanol–water partition coefficient (Wildman–Crippen LogP) is 1.87. The van der Waals surface area contributed by atoms with Crippen molar-refractivity contribution in [3.63, 3.8) is 0 Å². The van der Waals surface area contributed by atoms with E-state index >= 15 is 0 Å². The van der Waals surface area contributed by atoms with Gasteiger partial charge >= 0.3 is 0 Å². The number of anilines is 1. The van der Waals surface area contributed by atoms with Gasteiger partial charge in [0.25, 0.3) is 0 Å². The Morgan fingerprint density at radius 3 is 2.73 bits per heavy atom. The van der Waals surface area contributed by atoms with E-state index in [0.717, 1.165) is 62.7 Å². The molecule has 7 nitrogen and oxygen atoms in total. The molecule has 1 amide bonds. The molecule has 4 N–H and O–H groups in total. The summed E-state index contributed by atoms with van der Waals surface area (Å²) in [6.07, 6.45) is 5.66. The highest BCUT2D eigenvalue weighted by atomic mass is 127. The molecule has 26 heavy (non-hydrogen) atoms. The van der Waals surface area contributed by atoms with Gasteiger partial charge in [0.1, 0.15) is 5.82 Å². The summed E-state index contributed by atoms with van der Waals surface area (Å²) in [6, 6.07) is 4.03. The van der Waals surface area contributed by atoms with E-state index in [0.29, 0.717) is 6.54 Å². The number of nitrogens with zero attached hydrogens (tertiary/aromatic N) is 3. The lowest BCUT2D eigenvalue weighted by atomic mass is 9.96. The van der Waals surface area contributed by atoms with E-state index in [1.54, 1.807) is 7.05 Å². The summed E-state index contributed by atoms with van der Waals surface area (Å²) in [5.41, 5.74) is 6.55. The van der Waals surface area contributed by atoms with Gasteiger partial charge in [-0.3, -0.25) is 9.79 Å². The number of nitrogens with one attached hydrogen (secondary N) is 2. The maximum atomic E-state index is 11.3. The molecule has 1 aliphatic rings. The number of amides is 1. The number of aliphatic imine (C=N–C) groups is 1. The van der Waals surface area contributed by atoms with E-state index in [1.807, 2.05) is 12.3 Å². The van der Waals surface area contributed by atoms with Gasteiger partial charge in [0, 0.05) is 50.9 Å². The Bertz CT molecular complexity index is 587. The number of carbonyl (C=O) groups excluding carboxylic acids is 1. The average Bonchev–Trinajstić information content (AvgIpc) is 2.65. The predicted molar refractivity (Wildman–Crippen MR) is 117 cm³/mol. The molecule has 146 valence electrons. The van der Waals surface area contributed by atoms with E-state index in [-0.39, 0.29) is 35.8 Å². The minimum Gasteiger partial charge on any atom is -0.369 e. The molecule has 1 fully saturated rings. The summed E-state index contributed by atoms with van der Waals surface area (Å²) in [5.74, 6) is 1.57. The molecule has 0 radical (unpaired) electrons. The normalized spacial score (nSPS) is 15.3. The summed E-state index contributed by atoms with van der Waals surface area (Å²) in [5, 5.41) is 6.66. The van der Waals surface area contributed by atoms with Crippen LogP contribution in [0.25, 0.3) is 0 Å². The molecule has 2 rings (SSSR count). The quantitative estimate of drug-likeness (QED) is 0.243. The van der Waals surface area contributed by atoms with Gasteiger partial charge in [0.05, 0.1) is 0 Å². The third kappa shape index (κ3) is 6.62. The summed E-state index contributed by atoms with van der Waals surface area (Å²) >= 11 is 0. The van der Waals surface area contributed by atoms with Crippen LogP contribution < -0.4 is 21.3 Å². The second-order valence-electron chi connectivity index (χ2n) is 6.36. The Kier molecular flexibility index (Phi) is 10.3. The summed E-state index contributed by atoms with van der Waals surface area (Å²) in [6.45, 7) is 5.35. The van der Waals surface area contributed by atoms with Crippen molar-refractivity contribution < 1.29 is 4.79 Å². The molecular formula is C18H31IN6O. The molecule has 1 saturated heterocycles. The minimum absolute atomic E-state index is 0. The second kappa shape index (κ2) is 11.9. The van der Waals surface area contributed by atoms with Crippen LogP contribution in [0.2, 0.25) is 0 Å². The number of carbonyl (C=O) groups is 1. The number of nitrogens with two attached hydrogens (primary N) is 1. The van der Waals surface area contributed by atoms with Crippen LogP contribution >= 0.6 is 24.0 Å². The van der Waals surface area contributed by atoms with Crippen LogP contribution in [0.5, 0.6) is 0 Å². The lowest BCUT2D eigenvalue weighted by Gasteiger charge is -2.32. The van der Waals surface area contributed by atoms with E-state index in [2.05, 4.69) is 38.5 Å². The number of hydrogen-bond donors (Lipinski definition) is 3. The van der Waals surface area contributed by atoms with Crippen molar-refractivity contribution in [3.05, 3.63) is 23.9 Å². The van der Waals surface area contributed by atoms with E-state index in [4.69, 9.17) is 5.73 Å². The van der Waals surface area contributed by atoms with Crippen LogP contribution in [-0.2, 0) is 11.3 Å². The van der Waals surface area contributed by atoms with Crippen molar-refractivity contribution in [2.75, 3.05) is 31.6 Å². The molecule has 0 aromatic carbocycles. The molecule has 0 bridgehead atoms. The maximum Gasteiger partial charge on any atom is 0.220 e. The van der Waals surface area contributed by atoms with Crippen LogP contribution in [0.15, 0.2) is 23.3 Å². The molecule has 1 aromatic rings. The first kappa shape index (κ1) is 22.5. The summed E-state index contributed by atoms with van der Waals surface area (Å²) in [4.78, 5) is 22.4. The Labute approximate surface area is 173 Å². The topological polar surface area (TPSA) is 95.6 Å². The summed E-state index contributed by atoms with van der Waals surface area (Å²) in [7, 11) is 1.78. The number of halogens is 1. The van der Waals surface area contributed by atoms with Gasteiger partial charge in [-0.1, -0.05) is 19.4 Å². The monoisotopic (exact) mass is 474 g/mol. The summed E-state index contributed by atoms with van der Waals surface area (Å²) < 4.78 is 0. The molecule has 0 unspecified atom stereocenters. The van der Waals surface area contributed by atoms with Crippen molar-refractivity contribution >= 4 is 41.7 Å². The van der Waals surface area contributed by atoms with Gasteiger partial charge in [0.15, 0.2) is 5.96 Å². The Morgan fingerprint density at radius 2 is 2.12 bits per heavy atom. The fraction of sp³-hybridized carbons (Fsp3) is 0.611. The number of aromatic nitrogens is 1. The Balaban J connectivity index is 0.00000338. The van der Waals surface area contributed by atoms with Crippen LogP contribution in [0, 0.1) is 5.92 Å². The first-order valence-electron chi connectivity index (χ1n) is 9.08. The zero-order valence-electron chi connectivity index (χ0n) is 15.7. The van der Waals surface area contributed by atoms with E-state index in [1.165, 1.54) is 0 Å². The number of primary amides is 1. The van der Waals surface area contributed by atoms with Crippen molar-refractivity contribution in [3.8, 4) is 0 Å². The zero-order valence-corrected chi connectivity index (χ0v) is 18.0. The first-order valence-corrected chi connectivity index (χ1v) is 9.08. The fourth-order valence-corrected chi connectivity index (χ4v) is 3.01. The van der Waals surface area contributed by atoms with Crippen LogP contribution in [-0.4, -0.2) is 43.5 Å². The van der Waals surface area contributed by atoms with Crippen molar-refractivity contribution in [2.45, 2.75) is 39.2 Å². The molecule has 8 heteroatoms. The molecule has 1 aromatic heterocycles. The molecule has 0 saturated carbocycles. The van der Waals surface area contributed by atoms with Gasteiger partial charge < -0.3 is 21.3 Å². The van der Waals surface area contributed by atoms with E-state index in [9.17, 15) is 4.79 Å². The van der Waals surface area contributed by atoms with Crippen LogP contribution in [0.1, 0.15) is 38.2 Å². The van der Waals surface area contributed by atoms with Gasteiger partial charge in [-0.15, -0.1) is 24.0 Å². The molecule has 1 aliphatic heterocycles. The standard InChI is InChI=1S/C18H30N6O.HI/c1-3-4-9-22-18(20-2)23-13-15-6-5-10-21-17(15)24-11-7-14(8-12-24)16(19)25;/h5-6,10,14H,3-4,7-9,11-13H2,1-2H3,(H2,19,25)(H2,20,22,23);1H. The van der Waals surface area contributed by atoms with Gasteiger partial charge in [0.2, 0.25) is 5.91 Å². The number of piperidine rings is 1. The van der Waals surface area contributed by atoms with Gasteiger partial charge in [-0.25, -0.2) is 4.98 Å². The smallest absolute Gasteiger partial charge is 0.220 e. The largest absolute Gasteiger partial charge is 0.369 e. The molecular weight excluding hydrogens is 443 g/mol. The minimum atomic E-state index is -0.190.